The van der Waals surface area contributed by atoms with E-state index in [1.165, 1.54) is 19.3 Å². The summed E-state index contributed by atoms with van der Waals surface area (Å²) in [5.41, 5.74) is 0.240. The highest BCUT2D eigenvalue weighted by Gasteiger charge is 2.54. The van der Waals surface area contributed by atoms with E-state index in [1.54, 1.807) is 42.2 Å². The third kappa shape index (κ3) is 5.21. The number of hydrogen-bond acceptors (Lipinski definition) is 8. The Kier molecular flexibility index (Phi) is 7.34. The van der Waals surface area contributed by atoms with E-state index < -0.39 is 35.5 Å². The van der Waals surface area contributed by atoms with Crippen LogP contribution in [0.5, 0.6) is 0 Å². The number of imidazole rings is 1. The topological polar surface area (TPSA) is 120 Å². The average Bonchev–Trinajstić information content (AvgIpc) is 3.39. The van der Waals surface area contributed by atoms with Crippen LogP contribution in [-0.2, 0) is 30.8 Å². The summed E-state index contributed by atoms with van der Waals surface area (Å²) >= 11 is 0. The molecule has 0 spiro atoms. The zero-order valence-corrected chi connectivity index (χ0v) is 22.1. The van der Waals surface area contributed by atoms with Gasteiger partial charge in [0.25, 0.3) is 0 Å². The highest BCUT2D eigenvalue weighted by molar-refractivity contribution is 5.91. The maximum absolute atomic E-state index is 12.9. The maximum atomic E-state index is 12.9. The summed E-state index contributed by atoms with van der Waals surface area (Å²) in [6.07, 6.45) is 11.6. The quantitative estimate of drug-likeness (QED) is 0.351. The summed E-state index contributed by atoms with van der Waals surface area (Å²) in [6, 6.07) is 0. The number of carbonyl (C=O) groups is 2. The lowest BCUT2D eigenvalue weighted by atomic mass is 9.64. The number of aryl methyl sites for hydroxylation is 1. The fourth-order valence-electron chi connectivity index (χ4n) is 5.83. The molecule has 1 aromatic rings. The van der Waals surface area contributed by atoms with Gasteiger partial charge in [0.2, 0.25) is 5.79 Å². The minimum absolute atomic E-state index is 0.0560. The Morgan fingerprint density at radius 3 is 2.65 bits per heavy atom. The average molecular weight is 513 g/mol. The number of aliphatic hydroxyl groups is 2. The van der Waals surface area contributed by atoms with E-state index in [1.807, 2.05) is 33.9 Å². The van der Waals surface area contributed by atoms with Gasteiger partial charge in [-0.3, -0.25) is 0 Å². The fraction of sp³-hybridized carbons (Fsp3) is 0.536. The van der Waals surface area contributed by atoms with E-state index in [2.05, 4.69) is 4.98 Å². The molecule has 3 heterocycles. The van der Waals surface area contributed by atoms with Crippen LogP contribution in [0.1, 0.15) is 39.8 Å². The van der Waals surface area contributed by atoms with Crippen molar-refractivity contribution in [2.45, 2.75) is 57.7 Å². The minimum atomic E-state index is -2.08. The smallest absolute Gasteiger partial charge is 0.339 e. The van der Waals surface area contributed by atoms with Gasteiger partial charge in [-0.15, -0.1) is 0 Å². The van der Waals surface area contributed by atoms with Crippen molar-refractivity contribution < 1.29 is 34.0 Å². The third-order valence-corrected chi connectivity index (χ3v) is 7.74. The molecule has 0 radical (unpaired) electrons. The lowest BCUT2D eigenvalue weighted by Crippen LogP contribution is -2.47. The summed E-state index contributed by atoms with van der Waals surface area (Å²) in [6.45, 7) is 7.66. The van der Waals surface area contributed by atoms with Crippen molar-refractivity contribution in [1.82, 2.24) is 9.55 Å². The van der Waals surface area contributed by atoms with Gasteiger partial charge in [0.15, 0.2) is 0 Å². The summed E-state index contributed by atoms with van der Waals surface area (Å²) in [7, 11) is 3.08. The fourth-order valence-corrected chi connectivity index (χ4v) is 5.83. The number of fused-ring (bicyclic) bond motifs is 3. The van der Waals surface area contributed by atoms with Gasteiger partial charge in [-0.05, 0) is 62.2 Å². The van der Waals surface area contributed by atoms with Crippen LogP contribution in [-0.4, -0.2) is 62.4 Å². The van der Waals surface area contributed by atoms with Gasteiger partial charge in [-0.2, -0.15) is 0 Å². The van der Waals surface area contributed by atoms with E-state index in [4.69, 9.17) is 14.2 Å². The Morgan fingerprint density at radius 1 is 1.30 bits per heavy atom. The highest BCUT2D eigenvalue weighted by atomic mass is 16.7. The Bertz CT molecular complexity index is 1180. The summed E-state index contributed by atoms with van der Waals surface area (Å²) in [4.78, 5) is 30.0. The van der Waals surface area contributed by atoms with Crippen LogP contribution in [0.4, 0.5) is 0 Å². The highest BCUT2D eigenvalue weighted by Crippen LogP contribution is 2.49. The number of carbonyl (C=O) groups excluding carboxylic acids is 2. The Balaban J connectivity index is 1.76. The van der Waals surface area contributed by atoms with Crippen molar-refractivity contribution in [3.05, 3.63) is 59.7 Å². The molecule has 3 aliphatic rings. The van der Waals surface area contributed by atoms with Gasteiger partial charge >= 0.3 is 11.9 Å². The summed E-state index contributed by atoms with van der Waals surface area (Å²) in [5, 5.41) is 22.5. The maximum Gasteiger partial charge on any atom is 0.339 e. The zero-order valence-electron chi connectivity index (χ0n) is 22.1. The number of allylic oxidation sites excluding steroid dienone is 2. The van der Waals surface area contributed by atoms with Crippen molar-refractivity contribution in [3.8, 4) is 0 Å². The second kappa shape index (κ2) is 10.0. The third-order valence-electron chi connectivity index (χ3n) is 7.74. The van der Waals surface area contributed by atoms with Crippen molar-refractivity contribution in [1.29, 1.82) is 0 Å². The number of nitrogens with zero attached hydrogens (tertiary/aromatic N) is 2. The molecule has 1 aromatic heterocycles. The molecule has 2 aliphatic heterocycles. The molecular formula is C28H36N2O7. The van der Waals surface area contributed by atoms with Crippen LogP contribution in [0.2, 0.25) is 0 Å². The molecule has 0 aromatic carbocycles. The normalized spacial score (nSPS) is 36.7. The van der Waals surface area contributed by atoms with Gasteiger partial charge in [-0.1, -0.05) is 31.6 Å². The van der Waals surface area contributed by atoms with Crippen molar-refractivity contribution in [2.75, 3.05) is 7.11 Å². The SMILES string of the molecule is COC(=O)/C1=C/[C@H]2[C@H](C(C)C)[C@@H](O)C=C(C)[C@H]2C[C@@H](OC(=O)/C=C/c2cn(C)cn2)[C@@]2(C)C=C[C@]1(O)O2. The lowest BCUT2D eigenvalue weighted by molar-refractivity contribution is -0.216. The van der Waals surface area contributed by atoms with Gasteiger partial charge in [0.1, 0.15) is 11.7 Å². The van der Waals surface area contributed by atoms with E-state index >= 15 is 0 Å². The standard InChI is InChI=1S/C28H36N2O7/c1-16(2)25-20-12-21(26(33)35-6)28(34)10-9-27(4,37-28)23(13-19(20)17(3)11-22(25)31)36-24(32)8-7-18-14-30(5)15-29-18/h7-12,14-16,19-20,22-23,25,31,34H,13H2,1-6H3/b8-7+,21-12-/t19-,20-,22+,23-,25+,27-,28+/m1/s1. The van der Waals surface area contributed by atoms with Crippen molar-refractivity contribution in [2.24, 2.45) is 30.7 Å². The molecule has 0 unspecified atom stereocenters. The molecule has 7 atom stereocenters. The number of aromatic nitrogens is 2. The van der Waals surface area contributed by atoms with Crippen LogP contribution in [0.15, 0.2) is 54.1 Å². The number of ether oxygens (including phenoxy) is 3. The molecule has 1 aliphatic carbocycles. The lowest BCUT2D eigenvalue weighted by Gasteiger charge is -2.43. The molecule has 37 heavy (non-hydrogen) atoms. The first kappa shape index (κ1) is 27.0. The molecule has 2 N–H and O–H groups in total. The molecule has 0 saturated heterocycles. The molecule has 0 saturated carbocycles. The molecule has 2 bridgehead atoms. The van der Waals surface area contributed by atoms with Gasteiger partial charge in [-0.25, -0.2) is 14.6 Å². The predicted octanol–water partition coefficient (Wildman–Crippen LogP) is 2.71. The number of esters is 2. The van der Waals surface area contributed by atoms with Crippen LogP contribution in [0.3, 0.4) is 0 Å². The first-order valence-corrected chi connectivity index (χ1v) is 12.5. The number of hydrogen-bond donors (Lipinski definition) is 2. The first-order chi connectivity index (χ1) is 17.4. The van der Waals surface area contributed by atoms with E-state index in [0.29, 0.717) is 12.1 Å². The molecule has 9 heteroatoms. The van der Waals surface area contributed by atoms with Gasteiger partial charge < -0.3 is 29.0 Å². The van der Waals surface area contributed by atoms with Gasteiger partial charge in [0, 0.05) is 19.3 Å². The van der Waals surface area contributed by atoms with Crippen molar-refractivity contribution >= 4 is 18.0 Å². The van der Waals surface area contributed by atoms with E-state index in [-0.39, 0.29) is 29.2 Å². The number of rotatable bonds is 5. The van der Waals surface area contributed by atoms with Crippen LogP contribution < -0.4 is 0 Å². The zero-order chi connectivity index (χ0) is 27.1. The molecule has 9 nitrogen and oxygen atoms in total. The second-order valence-electron chi connectivity index (χ2n) is 10.8. The molecule has 200 valence electrons. The van der Waals surface area contributed by atoms with Gasteiger partial charge in [0.05, 0.1) is 30.8 Å². The Labute approximate surface area is 217 Å². The molecular weight excluding hydrogens is 476 g/mol. The number of methoxy groups -OCH3 is 1. The van der Waals surface area contributed by atoms with E-state index in [9.17, 15) is 19.8 Å². The van der Waals surface area contributed by atoms with E-state index in [0.717, 1.165) is 5.57 Å². The van der Waals surface area contributed by atoms with Crippen molar-refractivity contribution in [3.63, 3.8) is 0 Å². The largest absolute Gasteiger partial charge is 0.466 e. The summed E-state index contributed by atoms with van der Waals surface area (Å²) < 4.78 is 18.8. The summed E-state index contributed by atoms with van der Waals surface area (Å²) in [5.74, 6) is -4.11. The van der Waals surface area contributed by atoms with Crippen LogP contribution >= 0.6 is 0 Å². The number of aliphatic hydroxyl groups excluding tert-OH is 1. The second-order valence-corrected chi connectivity index (χ2v) is 10.8. The molecule has 4 rings (SSSR count). The predicted molar refractivity (Wildman–Crippen MR) is 135 cm³/mol. The molecule has 0 fully saturated rings. The first-order valence-electron chi connectivity index (χ1n) is 12.5. The Morgan fingerprint density at radius 2 is 2.03 bits per heavy atom. The van der Waals surface area contributed by atoms with Crippen LogP contribution in [0, 0.1) is 23.7 Å². The molecule has 0 amide bonds. The Hall–Kier alpha value is -3.01. The van der Waals surface area contributed by atoms with Crippen LogP contribution in [0.25, 0.3) is 6.08 Å². The monoisotopic (exact) mass is 512 g/mol. The minimum Gasteiger partial charge on any atom is -0.466 e.